The van der Waals surface area contributed by atoms with Crippen molar-refractivity contribution in [3.63, 3.8) is 0 Å². The van der Waals surface area contributed by atoms with Gasteiger partial charge in [-0.1, -0.05) is 58.1 Å². The number of para-hydroxylation sites is 1. The van der Waals surface area contributed by atoms with Crippen molar-refractivity contribution in [2.24, 2.45) is 0 Å². The van der Waals surface area contributed by atoms with Crippen LogP contribution in [0.1, 0.15) is 22.3 Å². The molecule has 0 bridgehead atoms. The fourth-order valence-corrected chi connectivity index (χ4v) is 4.26. The topological polar surface area (TPSA) is 87.7 Å². The van der Waals surface area contributed by atoms with Crippen molar-refractivity contribution < 1.29 is 19.1 Å². The highest BCUT2D eigenvalue weighted by Crippen LogP contribution is 2.34. The van der Waals surface area contributed by atoms with Gasteiger partial charge in [-0.2, -0.15) is 0 Å². The summed E-state index contributed by atoms with van der Waals surface area (Å²) in [5.41, 5.74) is 5.86. The summed E-state index contributed by atoms with van der Waals surface area (Å²) in [4.78, 5) is 38.7. The molecule has 2 aromatic carbocycles. The molecular weight excluding hydrogens is 502 g/mol. The van der Waals surface area contributed by atoms with Crippen LogP contribution in [0.25, 0.3) is 6.08 Å². The summed E-state index contributed by atoms with van der Waals surface area (Å²) >= 11 is 9.76. The number of thioether (sulfide) groups is 1. The molecule has 1 aliphatic heterocycles. The maximum Gasteiger partial charge on any atom is 0.269 e. The Labute approximate surface area is 197 Å². The molecular formula is C21H18BrN3O4S2. The molecule has 7 nitrogen and oxygen atoms in total. The zero-order valence-electron chi connectivity index (χ0n) is 16.4. The van der Waals surface area contributed by atoms with E-state index in [2.05, 4.69) is 26.8 Å². The Hall–Kier alpha value is -2.69. The zero-order chi connectivity index (χ0) is 22.4. The number of nitrogens with zero attached hydrogens (tertiary/aromatic N) is 1. The fourth-order valence-electron chi connectivity index (χ4n) is 2.70. The highest BCUT2D eigenvalue weighted by atomic mass is 79.9. The fraction of sp³-hybridized carbons (Fsp3) is 0.143. The summed E-state index contributed by atoms with van der Waals surface area (Å²) in [5, 5.41) is 0. The number of rotatable bonds is 6. The van der Waals surface area contributed by atoms with Crippen LogP contribution in [-0.4, -0.2) is 40.6 Å². The molecule has 160 valence electrons. The van der Waals surface area contributed by atoms with E-state index >= 15 is 0 Å². The standard InChI is InChI=1S/C21H18BrN3O4S2/c1-29-16-5-3-2-4-14(16)12-17-20(28)25(21(30)31-17)11-10-18(26)23-24-19(27)13-6-8-15(22)9-7-13/h2-9,12H,10-11H2,1H3,(H,23,26)(H,24,27). The molecule has 1 saturated heterocycles. The predicted octanol–water partition coefficient (Wildman–Crippen LogP) is 3.51. The first-order valence-electron chi connectivity index (χ1n) is 9.12. The number of carbonyl (C=O) groups excluding carboxylic acids is 3. The van der Waals surface area contributed by atoms with Crippen molar-refractivity contribution in [2.75, 3.05) is 13.7 Å². The Morgan fingerprint density at radius 3 is 2.58 bits per heavy atom. The van der Waals surface area contributed by atoms with Gasteiger partial charge in [0.1, 0.15) is 10.1 Å². The van der Waals surface area contributed by atoms with E-state index in [1.54, 1.807) is 43.5 Å². The number of nitrogens with one attached hydrogen (secondary N) is 2. The van der Waals surface area contributed by atoms with Gasteiger partial charge in [0.15, 0.2) is 0 Å². The van der Waals surface area contributed by atoms with E-state index in [0.717, 1.165) is 10.0 Å². The summed E-state index contributed by atoms with van der Waals surface area (Å²) < 4.78 is 6.52. The monoisotopic (exact) mass is 519 g/mol. The number of halogens is 1. The van der Waals surface area contributed by atoms with Crippen LogP contribution in [0.3, 0.4) is 0 Å². The molecule has 10 heteroatoms. The smallest absolute Gasteiger partial charge is 0.269 e. The SMILES string of the molecule is COc1ccccc1C=C1SC(=S)N(CCC(=O)NNC(=O)c2ccc(Br)cc2)C1=O. The van der Waals surface area contributed by atoms with Gasteiger partial charge in [-0.25, -0.2) is 0 Å². The first-order chi connectivity index (χ1) is 14.9. The molecule has 0 atom stereocenters. The van der Waals surface area contributed by atoms with Crippen molar-refractivity contribution in [3.8, 4) is 5.75 Å². The van der Waals surface area contributed by atoms with Gasteiger partial charge in [0.05, 0.1) is 12.0 Å². The number of hydrogen-bond acceptors (Lipinski definition) is 6. The normalized spacial score (nSPS) is 14.6. The third-order valence-electron chi connectivity index (χ3n) is 4.28. The van der Waals surface area contributed by atoms with Crippen LogP contribution >= 0.6 is 39.9 Å². The Bertz CT molecular complexity index is 1060. The Morgan fingerprint density at radius 1 is 1.16 bits per heavy atom. The average molecular weight is 520 g/mol. The molecule has 1 heterocycles. The minimum Gasteiger partial charge on any atom is -0.496 e. The molecule has 31 heavy (non-hydrogen) atoms. The minimum atomic E-state index is -0.439. The number of benzene rings is 2. The lowest BCUT2D eigenvalue weighted by Crippen LogP contribution is -2.43. The molecule has 0 spiro atoms. The molecule has 2 aromatic rings. The number of hydrazine groups is 1. The minimum absolute atomic E-state index is 0.0189. The third kappa shape index (κ3) is 5.93. The van der Waals surface area contributed by atoms with Crippen LogP contribution in [0.5, 0.6) is 5.75 Å². The number of carbonyl (C=O) groups is 3. The lowest BCUT2D eigenvalue weighted by Gasteiger charge is -2.14. The van der Waals surface area contributed by atoms with E-state index in [9.17, 15) is 14.4 Å². The van der Waals surface area contributed by atoms with Crippen molar-refractivity contribution in [3.05, 3.63) is 69.0 Å². The van der Waals surface area contributed by atoms with Crippen molar-refractivity contribution >= 4 is 68.0 Å². The first-order valence-corrected chi connectivity index (χ1v) is 11.1. The van der Waals surface area contributed by atoms with Gasteiger partial charge < -0.3 is 4.74 Å². The summed E-state index contributed by atoms with van der Waals surface area (Å²) in [7, 11) is 1.56. The van der Waals surface area contributed by atoms with E-state index < -0.39 is 11.8 Å². The van der Waals surface area contributed by atoms with Crippen molar-refractivity contribution in [1.82, 2.24) is 15.8 Å². The van der Waals surface area contributed by atoms with Gasteiger partial charge in [-0.15, -0.1) is 0 Å². The van der Waals surface area contributed by atoms with E-state index in [1.165, 1.54) is 16.7 Å². The largest absolute Gasteiger partial charge is 0.496 e. The third-order valence-corrected chi connectivity index (χ3v) is 6.19. The van der Waals surface area contributed by atoms with Crippen LogP contribution in [0.4, 0.5) is 0 Å². The summed E-state index contributed by atoms with van der Waals surface area (Å²) in [6.45, 7) is 0.105. The second kappa shape index (κ2) is 10.6. The highest BCUT2D eigenvalue weighted by molar-refractivity contribution is 9.10. The van der Waals surface area contributed by atoms with Gasteiger partial charge >= 0.3 is 0 Å². The Kier molecular flexibility index (Phi) is 7.83. The Balaban J connectivity index is 1.54. The number of hydrogen-bond donors (Lipinski definition) is 2. The molecule has 1 fully saturated rings. The molecule has 1 aliphatic rings. The maximum absolute atomic E-state index is 12.7. The summed E-state index contributed by atoms with van der Waals surface area (Å²) in [6, 6.07) is 14.0. The Morgan fingerprint density at radius 2 is 1.87 bits per heavy atom. The second-order valence-electron chi connectivity index (χ2n) is 6.33. The molecule has 0 aromatic heterocycles. The van der Waals surface area contributed by atoms with E-state index in [0.29, 0.717) is 20.5 Å². The number of ether oxygens (including phenoxy) is 1. The van der Waals surface area contributed by atoms with Crippen molar-refractivity contribution in [2.45, 2.75) is 6.42 Å². The van der Waals surface area contributed by atoms with Crippen LogP contribution in [0, 0.1) is 0 Å². The average Bonchev–Trinajstić information content (AvgIpc) is 3.03. The van der Waals surface area contributed by atoms with Gasteiger partial charge in [-0.05, 0) is 36.4 Å². The summed E-state index contributed by atoms with van der Waals surface area (Å²) in [6.07, 6.45) is 1.70. The number of amides is 3. The first kappa shape index (κ1) is 23.0. The molecule has 0 saturated carbocycles. The van der Waals surface area contributed by atoms with Crippen molar-refractivity contribution in [1.29, 1.82) is 0 Å². The predicted molar refractivity (Wildman–Crippen MR) is 127 cm³/mol. The molecule has 3 rings (SSSR count). The number of thiocarbonyl (C=S) groups is 1. The lowest BCUT2D eigenvalue weighted by atomic mass is 10.2. The highest BCUT2D eigenvalue weighted by Gasteiger charge is 2.32. The molecule has 2 N–H and O–H groups in total. The molecule has 0 aliphatic carbocycles. The van der Waals surface area contributed by atoms with Crippen LogP contribution in [0.15, 0.2) is 57.9 Å². The molecule has 0 unspecified atom stereocenters. The van der Waals surface area contributed by atoms with Crippen LogP contribution in [0.2, 0.25) is 0 Å². The van der Waals surface area contributed by atoms with Crippen LogP contribution < -0.4 is 15.6 Å². The van der Waals surface area contributed by atoms with E-state index in [-0.39, 0.29) is 18.9 Å². The lowest BCUT2D eigenvalue weighted by molar-refractivity contribution is -0.124. The van der Waals surface area contributed by atoms with E-state index in [4.69, 9.17) is 17.0 Å². The molecule has 0 radical (unpaired) electrons. The zero-order valence-corrected chi connectivity index (χ0v) is 19.6. The quantitative estimate of drug-likeness (QED) is 0.345. The van der Waals surface area contributed by atoms with Gasteiger partial charge in [-0.3, -0.25) is 30.1 Å². The second-order valence-corrected chi connectivity index (χ2v) is 8.93. The van der Waals surface area contributed by atoms with Gasteiger partial charge in [0.25, 0.3) is 11.8 Å². The van der Waals surface area contributed by atoms with E-state index in [1.807, 2.05) is 18.2 Å². The van der Waals surface area contributed by atoms with Crippen LogP contribution in [-0.2, 0) is 9.59 Å². The maximum atomic E-state index is 12.7. The molecule has 3 amide bonds. The number of methoxy groups -OCH3 is 1. The van der Waals surface area contributed by atoms with Gasteiger partial charge in [0.2, 0.25) is 5.91 Å². The van der Waals surface area contributed by atoms with Gasteiger partial charge in [0, 0.05) is 28.6 Å². The summed E-state index contributed by atoms with van der Waals surface area (Å²) in [5.74, 6) is -0.499.